The molecule has 1 fully saturated rings. The molecule has 1 aliphatic rings. The van der Waals surface area contributed by atoms with Crippen LogP contribution in [0.4, 0.5) is 10.1 Å². The van der Waals surface area contributed by atoms with Crippen molar-refractivity contribution in [2.75, 3.05) is 25.0 Å². The summed E-state index contributed by atoms with van der Waals surface area (Å²) in [7, 11) is 1.58. The molecule has 0 spiro atoms. The molecule has 0 bridgehead atoms. The van der Waals surface area contributed by atoms with Gasteiger partial charge in [0.2, 0.25) is 11.8 Å². The predicted molar refractivity (Wildman–Crippen MR) is 107 cm³/mol. The van der Waals surface area contributed by atoms with Crippen molar-refractivity contribution in [3.8, 4) is 0 Å². The number of likely N-dealkylation sites (tertiary alicyclic amines) is 1. The SMILES string of the molecule is CCC(=O)N(C)c1ccc(C2CN(C(=O)CCc3ccc(C)nc3)C2)cc1F. The van der Waals surface area contributed by atoms with Crippen LogP contribution in [0.15, 0.2) is 36.5 Å². The highest BCUT2D eigenvalue weighted by molar-refractivity contribution is 5.92. The minimum Gasteiger partial charge on any atom is -0.341 e. The van der Waals surface area contributed by atoms with Gasteiger partial charge in [-0.15, -0.1) is 0 Å². The number of hydrogen-bond acceptors (Lipinski definition) is 3. The van der Waals surface area contributed by atoms with Gasteiger partial charge in [-0.2, -0.15) is 0 Å². The highest BCUT2D eigenvalue weighted by atomic mass is 19.1. The number of carbonyl (C=O) groups excluding carboxylic acids is 2. The first-order valence-corrected chi connectivity index (χ1v) is 9.64. The molecule has 0 unspecified atom stereocenters. The van der Waals surface area contributed by atoms with E-state index in [9.17, 15) is 14.0 Å². The number of benzene rings is 1. The fourth-order valence-electron chi connectivity index (χ4n) is 3.37. The normalized spacial score (nSPS) is 13.9. The molecule has 1 aromatic carbocycles. The summed E-state index contributed by atoms with van der Waals surface area (Å²) in [6.07, 6.45) is 3.27. The van der Waals surface area contributed by atoms with Crippen molar-refractivity contribution in [1.29, 1.82) is 0 Å². The Morgan fingerprint density at radius 3 is 2.61 bits per heavy atom. The van der Waals surface area contributed by atoms with Crippen molar-refractivity contribution >= 4 is 17.5 Å². The van der Waals surface area contributed by atoms with Crippen molar-refractivity contribution in [3.05, 3.63) is 59.2 Å². The number of rotatable bonds is 6. The second-order valence-electron chi connectivity index (χ2n) is 7.32. The number of amides is 2. The van der Waals surface area contributed by atoms with E-state index in [-0.39, 0.29) is 23.4 Å². The van der Waals surface area contributed by atoms with E-state index in [2.05, 4.69) is 4.98 Å². The number of pyridine rings is 1. The zero-order valence-corrected chi connectivity index (χ0v) is 16.6. The van der Waals surface area contributed by atoms with Crippen LogP contribution in [-0.2, 0) is 16.0 Å². The molecule has 0 radical (unpaired) electrons. The van der Waals surface area contributed by atoms with E-state index in [0.717, 1.165) is 16.8 Å². The summed E-state index contributed by atoms with van der Waals surface area (Å²) < 4.78 is 14.4. The van der Waals surface area contributed by atoms with Gasteiger partial charge in [-0.25, -0.2) is 4.39 Å². The predicted octanol–water partition coefficient (Wildman–Crippen LogP) is 3.46. The Bertz CT molecular complexity index is 861. The van der Waals surface area contributed by atoms with Crippen LogP contribution >= 0.6 is 0 Å². The molecule has 1 aliphatic heterocycles. The lowest BCUT2D eigenvalue weighted by Gasteiger charge is -2.40. The molecule has 1 aromatic heterocycles. The molecule has 148 valence electrons. The summed E-state index contributed by atoms with van der Waals surface area (Å²) in [4.78, 5) is 31.5. The van der Waals surface area contributed by atoms with Gasteiger partial charge in [-0.05, 0) is 42.7 Å². The van der Waals surface area contributed by atoms with Gasteiger partial charge >= 0.3 is 0 Å². The third-order valence-corrected chi connectivity index (χ3v) is 5.32. The number of aromatic nitrogens is 1. The maximum atomic E-state index is 14.4. The number of aryl methyl sites for hydroxylation is 2. The standard InChI is InChI=1S/C22H26FN3O2/c1-4-21(27)25(3)20-9-8-17(11-19(20)23)18-13-26(14-18)22(28)10-7-16-6-5-15(2)24-12-16/h5-6,8-9,11-12,18H,4,7,10,13-14H2,1-3H3. The van der Waals surface area contributed by atoms with E-state index in [1.165, 1.54) is 11.0 Å². The first-order valence-electron chi connectivity index (χ1n) is 9.64. The average Bonchev–Trinajstić information content (AvgIpc) is 2.65. The minimum atomic E-state index is -0.404. The molecular weight excluding hydrogens is 357 g/mol. The smallest absolute Gasteiger partial charge is 0.226 e. The van der Waals surface area contributed by atoms with Gasteiger partial charge in [0.1, 0.15) is 5.82 Å². The number of hydrogen-bond donors (Lipinski definition) is 0. The molecule has 0 aliphatic carbocycles. The second kappa shape index (κ2) is 8.50. The zero-order valence-electron chi connectivity index (χ0n) is 16.6. The maximum Gasteiger partial charge on any atom is 0.226 e. The van der Waals surface area contributed by atoms with Crippen LogP contribution in [0.25, 0.3) is 0 Å². The van der Waals surface area contributed by atoms with Crippen LogP contribution in [0.3, 0.4) is 0 Å². The Kier molecular flexibility index (Phi) is 6.07. The van der Waals surface area contributed by atoms with Crippen molar-refractivity contribution in [1.82, 2.24) is 9.88 Å². The Morgan fingerprint density at radius 1 is 1.25 bits per heavy atom. The number of anilines is 1. The Hall–Kier alpha value is -2.76. The Balaban J connectivity index is 1.53. The maximum absolute atomic E-state index is 14.4. The quantitative estimate of drug-likeness (QED) is 0.768. The van der Waals surface area contributed by atoms with E-state index < -0.39 is 5.82 Å². The first-order chi connectivity index (χ1) is 13.4. The van der Waals surface area contributed by atoms with E-state index in [0.29, 0.717) is 32.4 Å². The summed E-state index contributed by atoms with van der Waals surface area (Å²) in [5, 5.41) is 0. The summed E-state index contributed by atoms with van der Waals surface area (Å²) in [6, 6.07) is 8.93. The molecule has 0 N–H and O–H groups in total. The van der Waals surface area contributed by atoms with E-state index in [4.69, 9.17) is 0 Å². The lowest BCUT2D eigenvalue weighted by Crippen LogP contribution is -2.48. The number of halogens is 1. The molecule has 0 atom stereocenters. The van der Waals surface area contributed by atoms with Crippen LogP contribution < -0.4 is 4.90 Å². The van der Waals surface area contributed by atoms with Gasteiger partial charge in [0.25, 0.3) is 0 Å². The van der Waals surface area contributed by atoms with Gasteiger partial charge in [-0.1, -0.05) is 19.1 Å². The van der Waals surface area contributed by atoms with Crippen LogP contribution in [0, 0.1) is 12.7 Å². The van der Waals surface area contributed by atoms with Gasteiger partial charge in [0.15, 0.2) is 0 Å². The van der Waals surface area contributed by atoms with Gasteiger partial charge < -0.3 is 9.80 Å². The van der Waals surface area contributed by atoms with Crippen molar-refractivity contribution in [2.45, 2.75) is 39.0 Å². The van der Waals surface area contributed by atoms with Crippen LogP contribution in [-0.4, -0.2) is 41.8 Å². The van der Waals surface area contributed by atoms with E-state index >= 15 is 0 Å². The summed E-state index contributed by atoms with van der Waals surface area (Å²) in [5.74, 6) is -0.280. The largest absolute Gasteiger partial charge is 0.341 e. The van der Waals surface area contributed by atoms with Crippen LogP contribution in [0.2, 0.25) is 0 Å². The van der Waals surface area contributed by atoms with Gasteiger partial charge in [-0.3, -0.25) is 14.6 Å². The fraction of sp³-hybridized carbons (Fsp3) is 0.409. The third-order valence-electron chi connectivity index (χ3n) is 5.32. The van der Waals surface area contributed by atoms with Crippen LogP contribution in [0.5, 0.6) is 0 Å². The molecule has 2 amide bonds. The summed E-state index contributed by atoms with van der Waals surface area (Å²) >= 11 is 0. The van der Waals surface area contributed by atoms with Gasteiger partial charge in [0.05, 0.1) is 5.69 Å². The van der Waals surface area contributed by atoms with Crippen molar-refractivity contribution in [2.24, 2.45) is 0 Å². The highest BCUT2D eigenvalue weighted by Gasteiger charge is 2.32. The molecular formula is C22H26FN3O2. The monoisotopic (exact) mass is 383 g/mol. The Labute approximate surface area is 165 Å². The zero-order chi connectivity index (χ0) is 20.3. The topological polar surface area (TPSA) is 53.5 Å². The number of carbonyl (C=O) groups is 2. The molecule has 28 heavy (non-hydrogen) atoms. The molecule has 3 rings (SSSR count). The van der Waals surface area contributed by atoms with Crippen molar-refractivity contribution < 1.29 is 14.0 Å². The third kappa shape index (κ3) is 4.38. The molecule has 2 aromatic rings. The fourth-order valence-corrected chi connectivity index (χ4v) is 3.37. The molecule has 1 saturated heterocycles. The molecule has 6 heteroatoms. The number of nitrogens with zero attached hydrogens (tertiary/aromatic N) is 3. The van der Waals surface area contributed by atoms with Gasteiger partial charge in [0, 0.05) is 50.8 Å². The molecule has 5 nitrogen and oxygen atoms in total. The minimum absolute atomic E-state index is 0.113. The van der Waals surface area contributed by atoms with E-state index in [1.807, 2.05) is 36.2 Å². The summed E-state index contributed by atoms with van der Waals surface area (Å²) in [6.45, 7) is 4.89. The molecule has 0 saturated carbocycles. The van der Waals surface area contributed by atoms with Crippen LogP contribution in [0.1, 0.15) is 42.5 Å². The summed E-state index contributed by atoms with van der Waals surface area (Å²) in [5.41, 5.74) is 3.17. The average molecular weight is 383 g/mol. The Morgan fingerprint density at radius 2 is 2.00 bits per heavy atom. The molecule has 2 heterocycles. The first kappa shape index (κ1) is 20.0. The van der Waals surface area contributed by atoms with Crippen molar-refractivity contribution in [3.63, 3.8) is 0 Å². The highest BCUT2D eigenvalue weighted by Crippen LogP contribution is 2.30. The van der Waals surface area contributed by atoms with E-state index in [1.54, 1.807) is 20.0 Å². The second-order valence-corrected chi connectivity index (χ2v) is 7.32. The lowest BCUT2D eigenvalue weighted by atomic mass is 9.90. The lowest BCUT2D eigenvalue weighted by molar-refractivity contribution is -0.135.